The van der Waals surface area contributed by atoms with Gasteiger partial charge in [-0.2, -0.15) is 0 Å². The Bertz CT molecular complexity index is 241. The highest BCUT2D eigenvalue weighted by molar-refractivity contribution is 7.10. The lowest BCUT2D eigenvalue weighted by atomic mass is 10.2. The first kappa shape index (κ1) is 11.5. The monoisotopic (exact) mass is 209 g/mol. The van der Waals surface area contributed by atoms with E-state index in [9.17, 15) is 0 Å². The Kier molecular flexibility index (Phi) is 5.57. The van der Waals surface area contributed by atoms with Gasteiger partial charge in [-0.05, 0) is 37.3 Å². The molecule has 0 bridgehead atoms. The maximum absolute atomic E-state index is 3.72. The first-order chi connectivity index (χ1) is 6.88. The topological polar surface area (TPSA) is 12.0 Å². The fourth-order valence-corrected chi connectivity index (χ4v) is 2.34. The van der Waals surface area contributed by atoms with Crippen LogP contribution >= 0.6 is 11.3 Å². The van der Waals surface area contributed by atoms with Crippen molar-refractivity contribution in [2.45, 2.75) is 32.2 Å². The van der Waals surface area contributed by atoms with E-state index in [1.54, 1.807) is 0 Å². The second kappa shape index (κ2) is 6.80. The molecule has 0 aliphatic carbocycles. The summed E-state index contributed by atoms with van der Waals surface area (Å²) in [5, 5.41) is 5.71. The van der Waals surface area contributed by atoms with Crippen LogP contribution in [0.25, 0.3) is 0 Å². The van der Waals surface area contributed by atoms with Crippen molar-refractivity contribution in [1.82, 2.24) is 5.32 Å². The summed E-state index contributed by atoms with van der Waals surface area (Å²) in [7, 11) is 0. The fourth-order valence-electron chi connectivity index (χ4n) is 1.46. The molecule has 0 radical (unpaired) electrons. The molecule has 0 aromatic carbocycles. The molecule has 2 heteroatoms. The summed E-state index contributed by atoms with van der Waals surface area (Å²) in [6.07, 6.45) is 5.43. The van der Waals surface area contributed by atoms with Gasteiger partial charge in [0.15, 0.2) is 0 Å². The van der Waals surface area contributed by atoms with E-state index in [-0.39, 0.29) is 0 Å². The number of hydrogen-bond donors (Lipinski definition) is 1. The standard InChI is InChI=1S/C12H19NS/c1-3-5-6-9-13-11(4-2)12-8-7-10-14-12/h3,7-8,10-11,13H,1,4-6,9H2,2H3. The molecule has 14 heavy (non-hydrogen) atoms. The average Bonchev–Trinajstić information content (AvgIpc) is 2.71. The molecule has 0 spiro atoms. The van der Waals surface area contributed by atoms with Crippen LogP contribution in [0.15, 0.2) is 30.2 Å². The molecule has 0 aliphatic heterocycles. The molecule has 78 valence electrons. The van der Waals surface area contributed by atoms with Crippen molar-refractivity contribution in [3.63, 3.8) is 0 Å². The third kappa shape index (κ3) is 3.64. The van der Waals surface area contributed by atoms with Crippen LogP contribution < -0.4 is 5.32 Å². The molecule has 1 aromatic heterocycles. The SMILES string of the molecule is C=CCCCNC(CC)c1cccs1. The highest BCUT2D eigenvalue weighted by atomic mass is 32.1. The number of thiophene rings is 1. The molecule has 1 atom stereocenters. The van der Waals surface area contributed by atoms with Crippen LogP contribution in [0.3, 0.4) is 0 Å². The lowest BCUT2D eigenvalue weighted by Crippen LogP contribution is -2.20. The van der Waals surface area contributed by atoms with Crippen LogP contribution in [0, 0.1) is 0 Å². The first-order valence-corrected chi connectivity index (χ1v) is 6.14. The van der Waals surface area contributed by atoms with Gasteiger partial charge in [0.05, 0.1) is 0 Å². The quantitative estimate of drug-likeness (QED) is 0.532. The minimum Gasteiger partial charge on any atom is -0.309 e. The van der Waals surface area contributed by atoms with Gasteiger partial charge in [-0.25, -0.2) is 0 Å². The van der Waals surface area contributed by atoms with E-state index in [1.807, 2.05) is 17.4 Å². The van der Waals surface area contributed by atoms with Crippen LogP contribution in [-0.2, 0) is 0 Å². The maximum atomic E-state index is 3.72. The van der Waals surface area contributed by atoms with Gasteiger partial charge in [0.2, 0.25) is 0 Å². The Balaban J connectivity index is 2.29. The summed E-state index contributed by atoms with van der Waals surface area (Å²) < 4.78 is 0. The number of rotatable bonds is 7. The minimum atomic E-state index is 0.541. The van der Waals surface area contributed by atoms with E-state index < -0.39 is 0 Å². The van der Waals surface area contributed by atoms with Gasteiger partial charge in [-0.3, -0.25) is 0 Å². The van der Waals surface area contributed by atoms with Crippen molar-refractivity contribution < 1.29 is 0 Å². The molecule has 1 nitrogen and oxygen atoms in total. The zero-order valence-corrected chi connectivity index (χ0v) is 9.65. The lowest BCUT2D eigenvalue weighted by Gasteiger charge is -2.14. The molecule has 0 saturated carbocycles. The Morgan fingerprint density at radius 1 is 1.64 bits per heavy atom. The Morgan fingerprint density at radius 3 is 3.07 bits per heavy atom. The molecule has 0 amide bonds. The Morgan fingerprint density at radius 2 is 2.50 bits per heavy atom. The number of allylic oxidation sites excluding steroid dienone is 1. The second-order valence-electron chi connectivity index (χ2n) is 3.36. The zero-order chi connectivity index (χ0) is 10.2. The molecule has 1 unspecified atom stereocenters. The van der Waals surface area contributed by atoms with Crippen molar-refractivity contribution >= 4 is 11.3 Å². The van der Waals surface area contributed by atoms with Gasteiger partial charge < -0.3 is 5.32 Å². The van der Waals surface area contributed by atoms with Gasteiger partial charge in [-0.1, -0.05) is 19.1 Å². The largest absolute Gasteiger partial charge is 0.309 e. The highest BCUT2D eigenvalue weighted by Crippen LogP contribution is 2.21. The maximum Gasteiger partial charge on any atom is 0.0412 e. The first-order valence-electron chi connectivity index (χ1n) is 5.26. The van der Waals surface area contributed by atoms with Gasteiger partial charge in [0.25, 0.3) is 0 Å². The van der Waals surface area contributed by atoms with E-state index in [0.717, 1.165) is 19.4 Å². The van der Waals surface area contributed by atoms with Crippen LogP contribution in [-0.4, -0.2) is 6.54 Å². The summed E-state index contributed by atoms with van der Waals surface area (Å²) >= 11 is 1.84. The summed E-state index contributed by atoms with van der Waals surface area (Å²) in [5.41, 5.74) is 0. The predicted octanol–water partition coefficient (Wildman–Crippen LogP) is 3.76. The summed E-state index contributed by atoms with van der Waals surface area (Å²) in [4.78, 5) is 1.45. The van der Waals surface area contributed by atoms with E-state index in [2.05, 4.69) is 36.3 Å². The number of hydrogen-bond acceptors (Lipinski definition) is 2. The van der Waals surface area contributed by atoms with Crippen LogP contribution in [0.1, 0.15) is 37.1 Å². The molecule has 1 rings (SSSR count). The van der Waals surface area contributed by atoms with Crippen LogP contribution in [0.2, 0.25) is 0 Å². The average molecular weight is 209 g/mol. The van der Waals surface area contributed by atoms with E-state index in [4.69, 9.17) is 0 Å². The minimum absolute atomic E-state index is 0.541. The van der Waals surface area contributed by atoms with Crippen molar-refractivity contribution in [2.24, 2.45) is 0 Å². The molecule has 0 aliphatic rings. The summed E-state index contributed by atoms with van der Waals surface area (Å²) in [5.74, 6) is 0. The van der Waals surface area contributed by atoms with E-state index in [0.29, 0.717) is 6.04 Å². The molecular formula is C12H19NS. The second-order valence-corrected chi connectivity index (χ2v) is 4.34. The smallest absolute Gasteiger partial charge is 0.0412 e. The van der Waals surface area contributed by atoms with Gasteiger partial charge in [-0.15, -0.1) is 17.9 Å². The normalized spacial score (nSPS) is 12.6. The van der Waals surface area contributed by atoms with Crippen molar-refractivity contribution in [3.8, 4) is 0 Å². The molecular weight excluding hydrogens is 190 g/mol. The number of unbranched alkanes of at least 4 members (excludes halogenated alkanes) is 1. The van der Waals surface area contributed by atoms with Crippen molar-refractivity contribution in [2.75, 3.05) is 6.54 Å². The fraction of sp³-hybridized carbons (Fsp3) is 0.500. The molecule has 1 N–H and O–H groups in total. The van der Waals surface area contributed by atoms with Gasteiger partial charge in [0, 0.05) is 10.9 Å². The van der Waals surface area contributed by atoms with Crippen molar-refractivity contribution in [3.05, 3.63) is 35.0 Å². The third-order valence-electron chi connectivity index (χ3n) is 2.27. The molecule has 1 aromatic rings. The molecule has 1 heterocycles. The zero-order valence-electron chi connectivity index (χ0n) is 8.83. The predicted molar refractivity (Wildman–Crippen MR) is 64.8 cm³/mol. The Hall–Kier alpha value is -0.600. The summed E-state index contributed by atoms with van der Waals surface area (Å²) in [6, 6.07) is 4.87. The summed E-state index contributed by atoms with van der Waals surface area (Å²) in [6.45, 7) is 7.03. The molecule has 0 fully saturated rings. The van der Waals surface area contributed by atoms with E-state index in [1.165, 1.54) is 11.3 Å². The van der Waals surface area contributed by atoms with Crippen LogP contribution in [0.4, 0.5) is 0 Å². The third-order valence-corrected chi connectivity index (χ3v) is 3.26. The van der Waals surface area contributed by atoms with Crippen molar-refractivity contribution in [1.29, 1.82) is 0 Å². The van der Waals surface area contributed by atoms with Gasteiger partial charge in [0.1, 0.15) is 0 Å². The van der Waals surface area contributed by atoms with Gasteiger partial charge >= 0.3 is 0 Å². The highest BCUT2D eigenvalue weighted by Gasteiger charge is 2.07. The molecule has 0 saturated heterocycles. The van der Waals surface area contributed by atoms with E-state index >= 15 is 0 Å². The van der Waals surface area contributed by atoms with Crippen LogP contribution in [0.5, 0.6) is 0 Å². The number of nitrogens with one attached hydrogen (secondary N) is 1. The lowest BCUT2D eigenvalue weighted by molar-refractivity contribution is 0.519. The Labute approximate surface area is 90.9 Å².